The Morgan fingerprint density at radius 1 is 1.38 bits per heavy atom. The van der Waals surface area contributed by atoms with Crippen LogP contribution in [0.25, 0.3) is 0 Å². The number of aldehydes is 1. The van der Waals surface area contributed by atoms with Crippen LogP contribution in [0.3, 0.4) is 0 Å². The second-order valence-corrected chi connectivity index (χ2v) is 1.35. The van der Waals surface area contributed by atoms with Crippen LogP contribution in [0.2, 0.25) is 0 Å². The molecule has 1 fully saturated rings. The van der Waals surface area contributed by atoms with Crippen molar-refractivity contribution in [2.45, 2.75) is 0 Å². The van der Waals surface area contributed by atoms with Crippen LogP contribution in [0, 0.1) is 5.92 Å². The second kappa shape index (κ2) is 1.40. The molecule has 0 aromatic heterocycles. The van der Waals surface area contributed by atoms with Gasteiger partial charge in [0.25, 0.3) is 0 Å². The molecule has 4 heteroatoms. The van der Waals surface area contributed by atoms with Gasteiger partial charge in [-0.15, -0.1) is 0 Å². The van der Waals surface area contributed by atoms with Gasteiger partial charge in [0.05, 0.1) is 0 Å². The van der Waals surface area contributed by atoms with E-state index >= 15 is 0 Å². The first-order valence-electron chi connectivity index (χ1n) is 1.96. The molecule has 1 saturated heterocycles. The quantitative estimate of drug-likeness (QED) is 0.246. The molecule has 0 saturated carbocycles. The maximum atomic E-state index is 10.00. The molecule has 0 aromatic carbocycles. The first kappa shape index (κ1) is 4.96. The zero-order valence-corrected chi connectivity index (χ0v) is 3.79. The number of carbonyl (C=O) groups is 3. The van der Waals surface area contributed by atoms with Gasteiger partial charge in [-0.25, -0.2) is 0 Å². The van der Waals surface area contributed by atoms with Crippen LogP contribution in [0.15, 0.2) is 0 Å². The highest BCUT2D eigenvalue weighted by atomic mass is 16.6. The SMILES string of the molecule is O=CC1C(=O)OC1=O. The fourth-order valence-corrected chi connectivity index (χ4v) is 0.375. The van der Waals surface area contributed by atoms with Crippen LogP contribution in [-0.2, 0) is 19.1 Å². The van der Waals surface area contributed by atoms with Gasteiger partial charge in [-0.3, -0.25) is 9.59 Å². The van der Waals surface area contributed by atoms with Gasteiger partial charge >= 0.3 is 11.9 Å². The Hall–Kier alpha value is -1.19. The van der Waals surface area contributed by atoms with E-state index in [1.807, 2.05) is 0 Å². The molecule has 0 radical (unpaired) electrons. The third-order valence-electron chi connectivity index (χ3n) is 0.845. The lowest BCUT2D eigenvalue weighted by Gasteiger charge is -2.14. The number of hydrogen-bond donors (Lipinski definition) is 0. The summed E-state index contributed by atoms with van der Waals surface area (Å²) in [5, 5.41) is 0. The topological polar surface area (TPSA) is 60.4 Å². The van der Waals surface area contributed by atoms with E-state index in [0.717, 1.165) is 0 Å². The van der Waals surface area contributed by atoms with Crippen LogP contribution in [0.5, 0.6) is 0 Å². The van der Waals surface area contributed by atoms with Crippen molar-refractivity contribution in [3.8, 4) is 0 Å². The number of esters is 2. The summed E-state index contributed by atoms with van der Waals surface area (Å²) in [5.74, 6) is -2.62. The average Bonchev–Trinajstić information content (AvgIpc) is 1.67. The van der Waals surface area contributed by atoms with Crippen molar-refractivity contribution in [2.24, 2.45) is 5.92 Å². The van der Waals surface area contributed by atoms with Crippen molar-refractivity contribution in [3.63, 3.8) is 0 Å². The van der Waals surface area contributed by atoms with E-state index in [2.05, 4.69) is 4.74 Å². The Morgan fingerprint density at radius 2 is 1.88 bits per heavy atom. The predicted molar refractivity (Wildman–Crippen MR) is 20.7 cm³/mol. The Balaban J connectivity index is 2.65. The van der Waals surface area contributed by atoms with E-state index in [4.69, 9.17) is 0 Å². The molecule has 1 rings (SSSR count). The largest absolute Gasteiger partial charge is 0.391 e. The average molecular weight is 114 g/mol. The smallest absolute Gasteiger partial charge is 0.335 e. The summed E-state index contributed by atoms with van der Waals surface area (Å²) < 4.78 is 3.83. The Morgan fingerprint density at radius 3 is 2.00 bits per heavy atom. The number of cyclic esters (lactones) is 2. The van der Waals surface area contributed by atoms with Gasteiger partial charge in [-0.1, -0.05) is 0 Å². The van der Waals surface area contributed by atoms with Gasteiger partial charge in [0, 0.05) is 0 Å². The van der Waals surface area contributed by atoms with Gasteiger partial charge in [0.2, 0.25) is 5.92 Å². The molecule has 0 bridgehead atoms. The van der Waals surface area contributed by atoms with Crippen LogP contribution in [0.4, 0.5) is 0 Å². The van der Waals surface area contributed by atoms with Gasteiger partial charge in [0.1, 0.15) is 6.29 Å². The fourth-order valence-electron chi connectivity index (χ4n) is 0.375. The van der Waals surface area contributed by atoms with Gasteiger partial charge in [-0.05, 0) is 0 Å². The summed E-state index contributed by atoms with van der Waals surface area (Å²) >= 11 is 0. The van der Waals surface area contributed by atoms with Gasteiger partial charge in [0.15, 0.2) is 0 Å². The molecule has 1 heterocycles. The van der Waals surface area contributed by atoms with E-state index in [9.17, 15) is 14.4 Å². The summed E-state index contributed by atoms with van der Waals surface area (Å²) in [5.41, 5.74) is 0. The first-order valence-corrected chi connectivity index (χ1v) is 1.96. The van der Waals surface area contributed by atoms with Crippen LogP contribution < -0.4 is 0 Å². The molecular weight excluding hydrogens is 112 g/mol. The lowest BCUT2D eigenvalue weighted by molar-refractivity contribution is -0.182. The minimum Gasteiger partial charge on any atom is -0.391 e. The van der Waals surface area contributed by atoms with E-state index < -0.39 is 17.9 Å². The van der Waals surface area contributed by atoms with Crippen molar-refractivity contribution in [3.05, 3.63) is 0 Å². The molecular formula is C4H2O4. The molecule has 0 aliphatic carbocycles. The summed E-state index contributed by atoms with van der Waals surface area (Å²) in [6.07, 6.45) is 0.272. The highest BCUT2D eigenvalue weighted by molar-refractivity contribution is 6.19. The van der Waals surface area contributed by atoms with Crippen LogP contribution in [0.1, 0.15) is 0 Å². The van der Waals surface area contributed by atoms with Gasteiger partial charge < -0.3 is 9.53 Å². The van der Waals surface area contributed by atoms with Crippen LogP contribution >= 0.6 is 0 Å². The molecule has 0 atom stereocenters. The Kier molecular flexibility index (Phi) is 0.865. The molecule has 0 amide bonds. The van der Waals surface area contributed by atoms with Crippen molar-refractivity contribution in [2.75, 3.05) is 0 Å². The third kappa shape index (κ3) is 0.425. The minimum atomic E-state index is -1.13. The standard InChI is InChI=1S/C4H2O4/c5-1-2-3(6)8-4(2)7/h1-2H. The summed E-state index contributed by atoms with van der Waals surface area (Å²) in [7, 11) is 0. The van der Waals surface area contributed by atoms with E-state index in [0.29, 0.717) is 0 Å². The highest BCUT2D eigenvalue weighted by Gasteiger charge is 2.41. The maximum Gasteiger partial charge on any atom is 0.335 e. The third-order valence-corrected chi connectivity index (χ3v) is 0.845. The summed E-state index contributed by atoms with van der Waals surface area (Å²) in [4.78, 5) is 29.7. The van der Waals surface area contributed by atoms with Crippen molar-refractivity contribution in [1.82, 2.24) is 0 Å². The minimum absolute atomic E-state index is 0.272. The van der Waals surface area contributed by atoms with Crippen molar-refractivity contribution >= 4 is 18.2 Å². The molecule has 8 heavy (non-hydrogen) atoms. The summed E-state index contributed by atoms with van der Waals surface area (Å²) in [6, 6.07) is 0. The van der Waals surface area contributed by atoms with E-state index in [1.54, 1.807) is 0 Å². The second-order valence-electron chi connectivity index (χ2n) is 1.35. The van der Waals surface area contributed by atoms with Crippen molar-refractivity contribution in [1.29, 1.82) is 0 Å². The number of rotatable bonds is 1. The predicted octanol–water partition coefficient (Wildman–Crippen LogP) is -1.12. The maximum absolute atomic E-state index is 10.00. The molecule has 1 aliphatic rings. The zero-order valence-electron chi connectivity index (χ0n) is 3.79. The first-order chi connectivity index (χ1) is 3.75. The lowest BCUT2D eigenvalue weighted by atomic mass is 10.1. The fraction of sp³-hybridized carbons (Fsp3) is 0.250. The highest BCUT2D eigenvalue weighted by Crippen LogP contribution is 2.10. The zero-order chi connectivity index (χ0) is 6.15. The normalized spacial score (nSPS) is 19.5. The van der Waals surface area contributed by atoms with Crippen molar-refractivity contribution < 1.29 is 19.1 Å². The van der Waals surface area contributed by atoms with E-state index in [-0.39, 0.29) is 6.29 Å². The molecule has 0 aromatic rings. The Bertz CT molecular complexity index is 145. The molecule has 4 nitrogen and oxygen atoms in total. The molecule has 42 valence electrons. The molecule has 0 spiro atoms. The summed E-state index contributed by atoms with van der Waals surface area (Å²) in [6.45, 7) is 0. The van der Waals surface area contributed by atoms with E-state index in [1.165, 1.54) is 0 Å². The molecule has 1 aliphatic heterocycles. The number of carbonyl (C=O) groups excluding carboxylic acids is 3. The lowest BCUT2D eigenvalue weighted by Crippen LogP contribution is -2.41. The monoisotopic (exact) mass is 114 g/mol. The van der Waals surface area contributed by atoms with Gasteiger partial charge in [-0.2, -0.15) is 0 Å². The number of hydrogen-bond acceptors (Lipinski definition) is 4. The Labute approximate surface area is 44.4 Å². The molecule has 0 N–H and O–H groups in total. The number of ether oxygens (including phenoxy) is 1. The van der Waals surface area contributed by atoms with Crippen LogP contribution in [-0.4, -0.2) is 18.2 Å². The molecule has 0 unspecified atom stereocenters.